The first kappa shape index (κ1) is 20.0. The second kappa shape index (κ2) is 7.84. The molecule has 6 nitrogen and oxygen atoms in total. The number of fused-ring (bicyclic) bond motifs is 1. The monoisotopic (exact) mass is 423 g/mol. The van der Waals surface area contributed by atoms with Crippen molar-refractivity contribution in [1.29, 1.82) is 0 Å². The number of aromatic hydroxyl groups is 1. The second-order valence-electron chi connectivity index (χ2n) is 7.00. The van der Waals surface area contributed by atoms with E-state index in [0.717, 1.165) is 32.6 Å². The van der Waals surface area contributed by atoms with Gasteiger partial charge < -0.3 is 14.6 Å². The Morgan fingerprint density at radius 2 is 1.77 bits per heavy atom. The van der Waals surface area contributed by atoms with Gasteiger partial charge in [-0.15, -0.1) is 0 Å². The number of hydrogen-bond acceptors (Lipinski definition) is 6. The summed E-state index contributed by atoms with van der Waals surface area (Å²) in [5.41, 5.74) is 3.03. The van der Waals surface area contributed by atoms with Crippen LogP contribution in [0.2, 0.25) is 0 Å². The number of aromatic nitrogens is 1. The Balaban J connectivity index is 1.97. The summed E-state index contributed by atoms with van der Waals surface area (Å²) in [6.45, 7) is 1.89. The van der Waals surface area contributed by atoms with Crippen LogP contribution in [0.1, 0.15) is 18.5 Å². The second-order valence-corrected chi connectivity index (χ2v) is 7.98. The van der Waals surface area contributed by atoms with Gasteiger partial charge in [-0.05, 0) is 36.0 Å². The van der Waals surface area contributed by atoms with Gasteiger partial charge in [-0.1, -0.05) is 42.5 Å². The lowest BCUT2D eigenvalue weighted by molar-refractivity contribution is -0.695. The smallest absolute Gasteiger partial charge is 0.345 e. The van der Waals surface area contributed by atoms with E-state index in [4.69, 9.17) is 9.47 Å². The fourth-order valence-electron chi connectivity index (χ4n) is 3.75. The van der Waals surface area contributed by atoms with E-state index < -0.39 is 12.0 Å². The molecule has 2 heterocycles. The van der Waals surface area contributed by atoms with Crippen LogP contribution in [-0.4, -0.2) is 32.3 Å². The Bertz CT molecular complexity index is 1120. The van der Waals surface area contributed by atoms with Crippen molar-refractivity contribution in [3.8, 4) is 22.1 Å². The summed E-state index contributed by atoms with van der Waals surface area (Å²) < 4.78 is 12.2. The predicted molar refractivity (Wildman–Crippen MR) is 116 cm³/mol. The number of esters is 1. The van der Waals surface area contributed by atoms with Gasteiger partial charge in [0, 0.05) is 5.56 Å². The van der Waals surface area contributed by atoms with E-state index >= 15 is 0 Å². The zero-order valence-corrected chi connectivity index (χ0v) is 18.1. The molecule has 1 atom stereocenters. The lowest BCUT2D eigenvalue weighted by atomic mass is 9.94. The Morgan fingerprint density at radius 3 is 2.37 bits per heavy atom. The van der Waals surface area contributed by atoms with Crippen LogP contribution in [0.25, 0.3) is 10.4 Å². The van der Waals surface area contributed by atoms with E-state index in [1.807, 2.05) is 73.5 Å². The molecule has 1 aromatic heterocycles. The number of methoxy groups -OCH3 is 2. The number of ether oxygens (including phenoxy) is 2. The zero-order chi connectivity index (χ0) is 21.4. The van der Waals surface area contributed by atoms with Crippen molar-refractivity contribution in [3.05, 3.63) is 71.4 Å². The molecule has 0 aliphatic carbocycles. The van der Waals surface area contributed by atoms with E-state index in [2.05, 4.69) is 0 Å². The normalized spacial score (nSPS) is 15.7. The maximum atomic E-state index is 12.8. The highest BCUT2D eigenvalue weighted by atomic mass is 32.1. The minimum atomic E-state index is -0.525. The fraction of sp³-hybridized carbons (Fsp3) is 0.217. The molecule has 7 heteroatoms. The third-order valence-corrected chi connectivity index (χ3v) is 6.69. The minimum absolute atomic E-state index is 0.114. The first-order valence-corrected chi connectivity index (χ1v) is 10.3. The lowest BCUT2D eigenvalue weighted by Gasteiger charge is -2.27. The molecule has 1 aliphatic heterocycles. The number of anilines is 1. The summed E-state index contributed by atoms with van der Waals surface area (Å²) in [6.07, 6.45) is 0. The van der Waals surface area contributed by atoms with Crippen LogP contribution < -0.4 is 14.2 Å². The molecular formula is C23H23N2O4S+. The van der Waals surface area contributed by atoms with Crippen molar-refractivity contribution in [2.24, 2.45) is 0 Å². The molecule has 0 saturated heterocycles. The molecule has 1 aliphatic rings. The first-order valence-electron chi connectivity index (χ1n) is 9.47. The Labute approximate surface area is 179 Å². The van der Waals surface area contributed by atoms with E-state index in [0.29, 0.717) is 5.57 Å². The third-order valence-electron chi connectivity index (χ3n) is 5.42. The fourth-order valence-corrected chi connectivity index (χ4v) is 4.94. The van der Waals surface area contributed by atoms with Crippen molar-refractivity contribution in [3.63, 3.8) is 0 Å². The van der Waals surface area contributed by atoms with Gasteiger partial charge in [0.15, 0.2) is 6.04 Å². The van der Waals surface area contributed by atoms with Crippen LogP contribution in [0.5, 0.6) is 11.6 Å². The summed E-state index contributed by atoms with van der Waals surface area (Å²) >= 11 is 1.48. The lowest BCUT2D eigenvalue weighted by Crippen LogP contribution is -2.50. The largest absolute Gasteiger partial charge is 0.497 e. The average Bonchev–Trinajstić information content (AvgIpc) is 3.13. The van der Waals surface area contributed by atoms with Crippen LogP contribution in [0.4, 0.5) is 5.13 Å². The number of hydrogen-bond donors (Lipinski definition) is 1. The Kier molecular flexibility index (Phi) is 5.22. The van der Waals surface area contributed by atoms with Crippen LogP contribution in [0.3, 0.4) is 0 Å². The molecule has 3 aromatic rings. The molecule has 1 N–H and O–H groups in total. The predicted octanol–water partition coefficient (Wildman–Crippen LogP) is 3.90. The van der Waals surface area contributed by atoms with Crippen molar-refractivity contribution in [2.75, 3.05) is 26.2 Å². The molecule has 0 fully saturated rings. The van der Waals surface area contributed by atoms with E-state index in [9.17, 15) is 9.90 Å². The molecule has 0 bridgehead atoms. The van der Waals surface area contributed by atoms with Crippen molar-refractivity contribution in [2.45, 2.75) is 13.0 Å². The average molecular weight is 424 g/mol. The first-order chi connectivity index (χ1) is 14.5. The van der Waals surface area contributed by atoms with Crippen molar-refractivity contribution >= 4 is 22.4 Å². The number of thiazole rings is 1. The van der Waals surface area contributed by atoms with Gasteiger partial charge in [-0.3, -0.25) is 0 Å². The molecule has 0 radical (unpaired) electrons. The molecule has 2 aromatic carbocycles. The van der Waals surface area contributed by atoms with Gasteiger partial charge in [0.2, 0.25) is 0 Å². The number of rotatable bonds is 4. The van der Waals surface area contributed by atoms with Crippen molar-refractivity contribution < 1.29 is 23.9 Å². The van der Waals surface area contributed by atoms with Gasteiger partial charge in [0.25, 0.3) is 0 Å². The number of carbonyl (C=O) groups is 1. The standard InChI is InChI=1S/C23H22N2O4S/c1-14-18(22(27)29-4)19(15-10-12-17(28-3)13-11-15)25-21(26)20(30-23(25)24(14)2)16-8-6-5-7-9-16/h5-13,19H,1-4H3/p+1/t19-/m0/s1. The molecular weight excluding hydrogens is 400 g/mol. The number of nitrogens with zero attached hydrogens (tertiary/aromatic N) is 2. The molecule has 0 amide bonds. The summed E-state index contributed by atoms with van der Waals surface area (Å²) in [5, 5.41) is 12.1. The number of carbonyl (C=O) groups excluding carboxylic acids is 1. The highest BCUT2D eigenvalue weighted by Gasteiger charge is 2.45. The SMILES string of the molecule is COC(=O)C1=C(C)N(C)c2sc(-c3ccccc3)c(O)[n+]2[C@H]1c1ccc(OC)cc1. The molecule has 0 saturated carbocycles. The summed E-state index contributed by atoms with van der Waals surface area (Å²) in [6, 6.07) is 16.7. The topological polar surface area (TPSA) is 62.9 Å². The molecule has 30 heavy (non-hydrogen) atoms. The quantitative estimate of drug-likeness (QED) is 0.509. The summed E-state index contributed by atoms with van der Waals surface area (Å²) in [5.74, 6) is 0.407. The van der Waals surface area contributed by atoms with Crippen LogP contribution in [-0.2, 0) is 9.53 Å². The van der Waals surface area contributed by atoms with E-state index in [1.54, 1.807) is 11.7 Å². The molecule has 0 unspecified atom stereocenters. The Hall–Kier alpha value is -3.32. The maximum absolute atomic E-state index is 12.8. The van der Waals surface area contributed by atoms with Crippen LogP contribution >= 0.6 is 11.3 Å². The van der Waals surface area contributed by atoms with Gasteiger partial charge >= 0.3 is 17.0 Å². The maximum Gasteiger partial charge on any atom is 0.345 e. The highest BCUT2D eigenvalue weighted by molar-refractivity contribution is 7.18. The summed E-state index contributed by atoms with van der Waals surface area (Å²) in [4.78, 5) is 15.5. The zero-order valence-electron chi connectivity index (χ0n) is 17.2. The van der Waals surface area contributed by atoms with Gasteiger partial charge in [0.05, 0.1) is 21.3 Å². The van der Waals surface area contributed by atoms with E-state index in [1.165, 1.54) is 18.4 Å². The van der Waals surface area contributed by atoms with Crippen LogP contribution in [0, 0.1) is 0 Å². The van der Waals surface area contributed by atoms with E-state index in [-0.39, 0.29) is 5.88 Å². The van der Waals surface area contributed by atoms with Crippen molar-refractivity contribution in [1.82, 2.24) is 0 Å². The number of benzene rings is 2. The van der Waals surface area contributed by atoms with Crippen LogP contribution in [0.15, 0.2) is 65.9 Å². The van der Waals surface area contributed by atoms with Gasteiger partial charge in [0.1, 0.15) is 21.9 Å². The highest BCUT2D eigenvalue weighted by Crippen LogP contribution is 2.44. The molecule has 154 valence electrons. The molecule has 0 spiro atoms. The number of allylic oxidation sites excluding steroid dienone is 1. The Morgan fingerprint density at radius 1 is 1.10 bits per heavy atom. The minimum Gasteiger partial charge on any atom is -0.497 e. The molecule has 4 rings (SSSR count). The third kappa shape index (κ3) is 3.11. The van der Waals surface area contributed by atoms with Gasteiger partial charge in [-0.25, -0.2) is 9.69 Å². The van der Waals surface area contributed by atoms with Gasteiger partial charge in [-0.2, -0.15) is 4.57 Å². The summed E-state index contributed by atoms with van der Waals surface area (Å²) in [7, 11) is 4.87.